The van der Waals surface area contributed by atoms with Gasteiger partial charge in [-0.15, -0.1) is 0 Å². The lowest BCUT2D eigenvalue weighted by atomic mass is 9.99. The number of aliphatic carboxylic acids is 1. The van der Waals surface area contributed by atoms with Crippen LogP contribution in [-0.2, 0) is 11.2 Å². The number of carboxylic acid groups (broad SMARTS) is 1. The summed E-state index contributed by atoms with van der Waals surface area (Å²) in [5.74, 6) is -0.594. The minimum absolute atomic E-state index is 0.254. The van der Waals surface area contributed by atoms with Crippen molar-refractivity contribution in [1.29, 1.82) is 0 Å². The number of rotatable bonds is 4. The van der Waals surface area contributed by atoms with E-state index in [9.17, 15) is 9.59 Å². The summed E-state index contributed by atoms with van der Waals surface area (Å²) in [6.45, 7) is 4.20. The lowest BCUT2D eigenvalue weighted by molar-refractivity contribution is -0.136. The van der Waals surface area contributed by atoms with Crippen molar-refractivity contribution in [2.24, 2.45) is 0 Å². The predicted octanol–water partition coefficient (Wildman–Crippen LogP) is 2.12. The summed E-state index contributed by atoms with van der Waals surface area (Å²) in [5, 5.41) is 14.0. The van der Waals surface area contributed by atoms with Gasteiger partial charge in [0.1, 0.15) is 0 Å². The van der Waals surface area contributed by atoms with Crippen LogP contribution < -0.4 is 5.56 Å². The molecule has 2 rings (SSSR count). The van der Waals surface area contributed by atoms with E-state index in [-0.39, 0.29) is 17.5 Å². The lowest BCUT2D eigenvalue weighted by Gasteiger charge is -2.06. The summed E-state index contributed by atoms with van der Waals surface area (Å²) >= 11 is 0. The molecule has 5 nitrogen and oxygen atoms in total. The fourth-order valence-electron chi connectivity index (χ4n) is 1.98. The molecule has 2 aromatic rings. The predicted molar refractivity (Wildman–Crippen MR) is 72.3 cm³/mol. The van der Waals surface area contributed by atoms with Gasteiger partial charge in [0.2, 0.25) is 0 Å². The minimum atomic E-state index is -1.02. The van der Waals surface area contributed by atoms with Crippen LogP contribution in [0.5, 0.6) is 0 Å². The van der Waals surface area contributed by atoms with Gasteiger partial charge in [-0.25, -0.2) is 0 Å². The zero-order valence-corrected chi connectivity index (χ0v) is 10.9. The van der Waals surface area contributed by atoms with E-state index in [0.717, 1.165) is 5.56 Å². The van der Waals surface area contributed by atoms with Crippen molar-refractivity contribution >= 4 is 5.97 Å². The Morgan fingerprint density at radius 2 is 1.84 bits per heavy atom. The zero-order valence-electron chi connectivity index (χ0n) is 10.9. The number of nitrogens with one attached hydrogen (secondary N) is 2. The molecule has 0 atom stereocenters. The largest absolute Gasteiger partial charge is 0.481 e. The Kier molecular flexibility index (Phi) is 3.55. The molecular weight excluding hydrogens is 244 g/mol. The van der Waals surface area contributed by atoms with Crippen molar-refractivity contribution in [3.63, 3.8) is 0 Å². The van der Waals surface area contributed by atoms with E-state index in [2.05, 4.69) is 24.0 Å². The molecule has 0 spiro atoms. The number of carboxylic acids is 1. The Morgan fingerprint density at radius 3 is 2.37 bits per heavy atom. The summed E-state index contributed by atoms with van der Waals surface area (Å²) in [4.78, 5) is 22.4. The Labute approximate surface area is 110 Å². The van der Waals surface area contributed by atoms with Crippen LogP contribution >= 0.6 is 0 Å². The molecule has 0 unspecified atom stereocenters. The lowest BCUT2D eigenvalue weighted by Crippen LogP contribution is -2.11. The second kappa shape index (κ2) is 5.14. The van der Waals surface area contributed by atoms with Gasteiger partial charge >= 0.3 is 5.97 Å². The molecule has 0 saturated carbocycles. The SMILES string of the molecule is CC(C)c1ccc(-c2[nH][nH]c(=O)c2CC(=O)O)cc1. The molecule has 3 N–H and O–H groups in total. The van der Waals surface area contributed by atoms with E-state index in [1.165, 1.54) is 5.56 Å². The summed E-state index contributed by atoms with van der Waals surface area (Å²) in [7, 11) is 0. The Balaban J connectivity index is 2.41. The Bertz CT molecular complexity index is 635. The molecule has 5 heteroatoms. The number of benzene rings is 1. The van der Waals surface area contributed by atoms with Gasteiger partial charge in [0.15, 0.2) is 0 Å². The van der Waals surface area contributed by atoms with Gasteiger partial charge in [-0.2, -0.15) is 0 Å². The second-order valence-corrected chi connectivity index (χ2v) is 4.78. The van der Waals surface area contributed by atoms with Crippen molar-refractivity contribution in [2.45, 2.75) is 26.2 Å². The van der Waals surface area contributed by atoms with E-state index in [1.54, 1.807) is 0 Å². The first-order valence-electron chi connectivity index (χ1n) is 6.10. The molecule has 1 aromatic carbocycles. The number of aromatic nitrogens is 2. The van der Waals surface area contributed by atoms with Crippen LogP contribution in [0, 0.1) is 0 Å². The maximum Gasteiger partial charge on any atom is 0.308 e. The summed E-state index contributed by atoms with van der Waals surface area (Å²) < 4.78 is 0. The van der Waals surface area contributed by atoms with Crippen molar-refractivity contribution in [1.82, 2.24) is 10.2 Å². The second-order valence-electron chi connectivity index (χ2n) is 4.78. The maximum absolute atomic E-state index is 11.6. The Hall–Kier alpha value is -2.30. The highest BCUT2D eigenvalue weighted by Gasteiger charge is 2.14. The molecule has 0 aliphatic heterocycles. The molecule has 0 aliphatic rings. The van der Waals surface area contributed by atoms with Crippen LogP contribution in [0.1, 0.15) is 30.9 Å². The number of carbonyl (C=O) groups is 1. The van der Waals surface area contributed by atoms with Gasteiger partial charge in [0.25, 0.3) is 5.56 Å². The quantitative estimate of drug-likeness (QED) is 0.787. The van der Waals surface area contributed by atoms with Crippen LogP contribution in [0.2, 0.25) is 0 Å². The number of hydrogen-bond acceptors (Lipinski definition) is 2. The highest BCUT2D eigenvalue weighted by atomic mass is 16.4. The fraction of sp³-hybridized carbons (Fsp3) is 0.286. The van der Waals surface area contributed by atoms with Crippen LogP contribution in [0.3, 0.4) is 0 Å². The summed E-state index contributed by atoms with van der Waals surface area (Å²) in [6, 6.07) is 7.74. The average Bonchev–Trinajstić information content (AvgIpc) is 2.71. The molecule has 0 amide bonds. The topological polar surface area (TPSA) is 86.0 Å². The normalized spacial score (nSPS) is 10.9. The van der Waals surface area contributed by atoms with Crippen LogP contribution in [-0.4, -0.2) is 21.3 Å². The summed E-state index contributed by atoms with van der Waals surface area (Å²) in [5.41, 5.74) is 2.42. The van der Waals surface area contributed by atoms with E-state index in [1.807, 2.05) is 24.3 Å². The van der Waals surface area contributed by atoms with Crippen LogP contribution in [0.25, 0.3) is 11.3 Å². The molecule has 1 aromatic heterocycles. The van der Waals surface area contributed by atoms with E-state index in [0.29, 0.717) is 11.6 Å². The van der Waals surface area contributed by atoms with Crippen LogP contribution in [0.15, 0.2) is 29.1 Å². The molecule has 1 heterocycles. The standard InChI is InChI=1S/C14H16N2O3/c1-8(2)9-3-5-10(6-4-9)13-11(7-12(17)18)14(19)16-15-13/h3-6,8H,7H2,1-2H3,(H,17,18)(H2,15,16,19). The van der Waals surface area contributed by atoms with Crippen LogP contribution in [0.4, 0.5) is 0 Å². The van der Waals surface area contributed by atoms with Gasteiger partial charge < -0.3 is 5.11 Å². The van der Waals surface area contributed by atoms with Gasteiger partial charge in [-0.3, -0.25) is 19.8 Å². The highest BCUT2D eigenvalue weighted by Crippen LogP contribution is 2.22. The molecule has 0 bridgehead atoms. The zero-order chi connectivity index (χ0) is 14.0. The summed E-state index contributed by atoms with van der Waals surface area (Å²) in [6.07, 6.45) is -0.292. The van der Waals surface area contributed by atoms with Crippen molar-refractivity contribution in [3.05, 3.63) is 45.7 Å². The smallest absolute Gasteiger partial charge is 0.308 e. The molecule has 0 saturated heterocycles. The molecular formula is C14H16N2O3. The molecule has 0 fully saturated rings. The minimum Gasteiger partial charge on any atom is -0.481 e. The van der Waals surface area contributed by atoms with Gasteiger partial charge in [-0.05, 0) is 17.0 Å². The molecule has 19 heavy (non-hydrogen) atoms. The number of H-pyrrole nitrogens is 2. The third kappa shape index (κ3) is 2.76. The first kappa shape index (κ1) is 13.1. The first-order valence-corrected chi connectivity index (χ1v) is 6.10. The monoisotopic (exact) mass is 260 g/mol. The molecule has 100 valence electrons. The van der Waals surface area contributed by atoms with Crippen molar-refractivity contribution in [3.8, 4) is 11.3 Å². The number of hydrogen-bond donors (Lipinski definition) is 3. The van der Waals surface area contributed by atoms with Gasteiger partial charge in [-0.1, -0.05) is 38.1 Å². The third-order valence-corrected chi connectivity index (χ3v) is 3.07. The number of aromatic amines is 2. The van der Waals surface area contributed by atoms with E-state index < -0.39 is 5.97 Å². The Morgan fingerprint density at radius 1 is 1.21 bits per heavy atom. The van der Waals surface area contributed by atoms with Gasteiger partial charge in [0, 0.05) is 0 Å². The first-order chi connectivity index (χ1) is 8.99. The highest BCUT2D eigenvalue weighted by molar-refractivity contribution is 5.74. The van der Waals surface area contributed by atoms with E-state index >= 15 is 0 Å². The van der Waals surface area contributed by atoms with Crippen molar-refractivity contribution < 1.29 is 9.90 Å². The van der Waals surface area contributed by atoms with Gasteiger partial charge in [0.05, 0.1) is 17.7 Å². The van der Waals surface area contributed by atoms with E-state index in [4.69, 9.17) is 5.11 Å². The van der Waals surface area contributed by atoms with Crippen molar-refractivity contribution in [2.75, 3.05) is 0 Å². The maximum atomic E-state index is 11.6. The average molecular weight is 260 g/mol. The third-order valence-electron chi connectivity index (χ3n) is 3.07. The molecule has 0 radical (unpaired) electrons. The fourth-order valence-corrected chi connectivity index (χ4v) is 1.98. The molecule has 0 aliphatic carbocycles.